The van der Waals surface area contributed by atoms with E-state index in [9.17, 15) is 9.59 Å². The van der Waals surface area contributed by atoms with E-state index in [1.54, 1.807) is 18.2 Å². The number of hydrogen-bond acceptors (Lipinski definition) is 4. The fraction of sp³-hybridized carbons (Fsp3) is 0.467. The van der Waals surface area contributed by atoms with Crippen LogP contribution in [0.4, 0.5) is 5.69 Å². The van der Waals surface area contributed by atoms with Gasteiger partial charge in [0.15, 0.2) is 0 Å². The van der Waals surface area contributed by atoms with Crippen molar-refractivity contribution in [3.05, 3.63) is 29.3 Å². The van der Waals surface area contributed by atoms with Gasteiger partial charge in [-0.25, -0.2) is 0 Å². The summed E-state index contributed by atoms with van der Waals surface area (Å²) in [6.07, 6.45) is 0. The molecule has 5 heteroatoms. The van der Waals surface area contributed by atoms with Gasteiger partial charge in [-0.3, -0.25) is 14.5 Å². The SMILES string of the molecule is CCN(CC)CC(C)N1C(=O)c2cccc(N)c2C1=O. The van der Waals surface area contributed by atoms with Crippen LogP contribution in [-0.4, -0.2) is 47.3 Å². The summed E-state index contributed by atoms with van der Waals surface area (Å²) in [6.45, 7) is 8.50. The summed E-state index contributed by atoms with van der Waals surface area (Å²) < 4.78 is 0. The standard InChI is InChI=1S/C15H21N3O2/c1-4-17(5-2)9-10(3)18-14(19)11-7-6-8-12(16)13(11)15(18)20/h6-8,10H,4-5,9,16H2,1-3H3. The van der Waals surface area contributed by atoms with Gasteiger partial charge in [0.1, 0.15) is 0 Å². The zero-order chi connectivity index (χ0) is 14.9. The van der Waals surface area contributed by atoms with Gasteiger partial charge in [-0.15, -0.1) is 0 Å². The Labute approximate surface area is 119 Å². The lowest BCUT2D eigenvalue weighted by Crippen LogP contribution is -2.45. The summed E-state index contributed by atoms with van der Waals surface area (Å²) in [5.74, 6) is -0.514. The summed E-state index contributed by atoms with van der Waals surface area (Å²) in [5.41, 5.74) is 6.97. The smallest absolute Gasteiger partial charge is 0.263 e. The second-order valence-electron chi connectivity index (χ2n) is 5.08. The molecule has 0 saturated carbocycles. The highest BCUT2D eigenvalue weighted by Crippen LogP contribution is 2.29. The van der Waals surface area contributed by atoms with Crippen molar-refractivity contribution >= 4 is 17.5 Å². The zero-order valence-electron chi connectivity index (χ0n) is 12.2. The van der Waals surface area contributed by atoms with Gasteiger partial charge < -0.3 is 10.6 Å². The topological polar surface area (TPSA) is 66.6 Å². The van der Waals surface area contributed by atoms with Gasteiger partial charge in [-0.1, -0.05) is 19.9 Å². The van der Waals surface area contributed by atoms with E-state index in [0.29, 0.717) is 23.4 Å². The summed E-state index contributed by atoms with van der Waals surface area (Å²) in [5, 5.41) is 0. The minimum atomic E-state index is -0.275. The number of carbonyl (C=O) groups excluding carboxylic acids is 2. The first-order chi connectivity index (χ1) is 9.51. The average molecular weight is 275 g/mol. The van der Waals surface area contributed by atoms with Gasteiger partial charge in [0, 0.05) is 12.2 Å². The Hall–Kier alpha value is -1.88. The van der Waals surface area contributed by atoms with Gasteiger partial charge in [0.25, 0.3) is 11.8 Å². The Morgan fingerprint density at radius 3 is 2.40 bits per heavy atom. The van der Waals surface area contributed by atoms with Crippen molar-refractivity contribution in [1.82, 2.24) is 9.80 Å². The molecule has 0 aliphatic carbocycles. The molecule has 0 radical (unpaired) electrons. The van der Waals surface area contributed by atoms with Crippen molar-refractivity contribution in [2.75, 3.05) is 25.4 Å². The van der Waals surface area contributed by atoms with Gasteiger partial charge in [-0.2, -0.15) is 0 Å². The number of imide groups is 1. The number of carbonyl (C=O) groups is 2. The van der Waals surface area contributed by atoms with Gasteiger partial charge in [-0.05, 0) is 32.1 Å². The number of anilines is 1. The first-order valence-corrected chi connectivity index (χ1v) is 6.99. The lowest BCUT2D eigenvalue weighted by Gasteiger charge is -2.28. The van der Waals surface area contributed by atoms with Gasteiger partial charge in [0.2, 0.25) is 0 Å². The molecule has 0 fully saturated rings. The van der Waals surface area contributed by atoms with Crippen LogP contribution in [0, 0.1) is 0 Å². The number of nitrogen functional groups attached to an aromatic ring is 1. The molecule has 2 N–H and O–H groups in total. The molecular weight excluding hydrogens is 254 g/mol. The summed E-state index contributed by atoms with van der Waals surface area (Å²) in [7, 11) is 0. The normalized spacial score (nSPS) is 15.9. The molecule has 1 unspecified atom stereocenters. The number of hydrogen-bond donors (Lipinski definition) is 1. The van der Waals surface area contributed by atoms with Crippen molar-refractivity contribution in [3.63, 3.8) is 0 Å². The fourth-order valence-electron chi connectivity index (χ4n) is 2.67. The molecule has 0 aromatic heterocycles. The maximum atomic E-state index is 12.4. The third kappa shape index (κ3) is 2.29. The molecule has 2 amide bonds. The largest absolute Gasteiger partial charge is 0.398 e. The highest BCUT2D eigenvalue weighted by molar-refractivity contribution is 6.23. The van der Waals surface area contributed by atoms with E-state index in [1.165, 1.54) is 4.90 Å². The molecule has 1 aliphatic rings. The van der Waals surface area contributed by atoms with Crippen LogP contribution in [0.15, 0.2) is 18.2 Å². The maximum absolute atomic E-state index is 12.4. The highest BCUT2D eigenvalue weighted by Gasteiger charge is 2.39. The van der Waals surface area contributed by atoms with Crippen molar-refractivity contribution in [2.24, 2.45) is 0 Å². The average Bonchev–Trinajstić information content (AvgIpc) is 2.69. The predicted octanol–water partition coefficient (Wildman–Crippen LogP) is 1.60. The molecule has 1 heterocycles. The number of likely N-dealkylation sites (N-methyl/N-ethyl adjacent to an activating group) is 1. The molecule has 20 heavy (non-hydrogen) atoms. The first-order valence-electron chi connectivity index (χ1n) is 6.99. The Morgan fingerprint density at radius 1 is 1.20 bits per heavy atom. The van der Waals surface area contributed by atoms with E-state index < -0.39 is 0 Å². The predicted molar refractivity (Wildman–Crippen MR) is 78.6 cm³/mol. The molecule has 0 spiro atoms. The molecule has 108 valence electrons. The molecule has 5 nitrogen and oxygen atoms in total. The lowest BCUT2D eigenvalue weighted by molar-refractivity contribution is 0.0564. The second-order valence-corrected chi connectivity index (χ2v) is 5.08. The zero-order valence-corrected chi connectivity index (χ0v) is 12.2. The number of nitrogens with two attached hydrogens (primary N) is 1. The molecule has 1 aromatic rings. The van der Waals surface area contributed by atoms with Crippen LogP contribution < -0.4 is 5.73 Å². The van der Waals surface area contributed by atoms with E-state index in [0.717, 1.165) is 13.1 Å². The van der Waals surface area contributed by atoms with E-state index in [-0.39, 0.29) is 17.9 Å². The van der Waals surface area contributed by atoms with Crippen molar-refractivity contribution in [1.29, 1.82) is 0 Å². The molecule has 2 rings (SSSR count). The third-order valence-corrected chi connectivity index (χ3v) is 3.84. The van der Waals surface area contributed by atoms with E-state index in [2.05, 4.69) is 18.7 Å². The molecule has 1 atom stereocenters. The second kappa shape index (κ2) is 5.63. The highest BCUT2D eigenvalue weighted by atomic mass is 16.2. The minimum absolute atomic E-state index is 0.165. The van der Waals surface area contributed by atoms with Crippen LogP contribution in [-0.2, 0) is 0 Å². The van der Waals surface area contributed by atoms with Crippen molar-refractivity contribution in [2.45, 2.75) is 26.8 Å². The van der Waals surface area contributed by atoms with Crippen molar-refractivity contribution < 1.29 is 9.59 Å². The Balaban J connectivity index is 2.26. The van der Waals surface area contributed by atoms with E-state index in [1.807, 2.05) is 6.92 Å². The maximum Gasteiger partial charge on any atom is 0.263 e. The molecule has 0 saturated heterocycles. The minimum Gasteiger partial charge on any atom is -0.398 e. The summed E-state index contributed by atoms with van der Waals surface area (Å²) in [6, 6.07) is 4.86. The van der Waals surface area contributed by atoms with Crippen LogP contribution in [0.25, 0.3) is 0 Å². The quantitative estimate of drug-likeness (QED) is 0.654. The summed E-state index contributed by atoms with van der Waals surface area (Å²) in [4.78, 5) is 28.3. The summed E-state index contributed by atoms with van der Waals surface area (Å²) >= 11 is 0. The van der Waals surface area contributed by atoms with Crippen LogP contribution in [0.1, 0.15) is 41.5 Å². The van der Waals surface area contributed by atoms with Gasteiger partial charge >= 0.3 is 0 Å². The van der Waals surface area contributed by atoms with Crippen LogP contribution in [0.2, 0.25) is 0 Å². The van der Waals surface area contributed by atoms with Crippen LogP contribution >= 0.6 is 0 Å². The molecule has 1 aromatic carbocycles. The van der Waals surface area contributed by atoms with Gasteiger partial charge in [0.05, 0.1) is 17.2 Å². The monoisotopic (exact) mass is 275 g/mol. The molecule has 0 bridgehead atoms. The molecule has 1 aliphatic heterocycles. The van der Waals surface area contributed by atoms with E-state index in [4.69, 9.17) is 5.73 Å². The fourth-order valence-corrected chi connectivity index (χ4v) is 2.67. The number of nitrogens with zero attached hydrogens (tertiary/aromatic N) is 2. The molecular formula is C15H21N3O2. The number of benzene rings is 1. The Morgan fingerprint density at radius 2 is 1.85 bits per heavy atom. The first kappa shape index (κ1) is 14.5. The Bertz CT molecular complexity index is 538. The number of rotatable bonds is 5. The number of amides is 2. The van der Waals surface area contributed by atoms with Crippen LogP contribution in [0.3, 0.4) is 0 Å². The Kier molecular flexibility index (Phi) is 4.09. The lowest BCUT2D eigenvalue weighted by atomic mass is 10.1. The van der Waals surface area contributed by atoms with E-state index >= 15 is 0 Å². The van der Waals surface area contributed by atoms with Crippen LogP contribution in [0.5, 0.6) is 0 Å². The number of fused-ring (bicyclic) bond motifs is 1. The third-order valence-electron chi connectivity index (χ3n) is 3.84. The van der Waals surface area contributed by atoms with Crippen molar-refractivity contribution in [3.8, 4) is 0 Å².